The van der Waals surface area contributed by atoms with Gasteiger partial charge in [0.2, 0.25) is 15.9 Å². The molecular weight excluding hydrogens is 436 g/mol. The summed E-state index contributed by atoms with van der Waals surface area (Å²) in [5, 5.41) is 16.0. The number of sulfonamides is 1. The Morgan fingerprint density at radius 2 is 1.64 bits per heavy atom. The maximum Gasteiger partial charge on any atom is 0.238 e. The number of carbonyl (C=O) groups is 1. The minimum absolute atomic E-state index is 0.00531. The van der Waals surface area contributed by atoms with E-state index < -0.39 is 10.0 Å². The highest BCUT2D eigenvalue weighted by atomic mass is 32.2. The number of amides is 1. The monoisotopic (exact) mass is 452 g/mol. The van der Waals surface area contributed by atoms with Crippen LogP contribution in [0.3, 0.4) is 0 Å². The van der Waals surface area contributed by atoms with E-state index in [1.54, 1.807) is 11.8 Å². The van der Waals surface area contributed by atoms with Gasteiger partial charge in [0.15, 0.2) is 8.68 Å². The minimum atomic E-state index is -3.75. The van der Waals surface area contributed by atoms with Crippen LogP contribution in [0.15, 0.2) is 68.2 Å². The third-order valence-corrected chi connectivity index (χ3v) is 7.58. The molecule has 28 heavy (non-hydrogen) atoms. The van der Waals surface area contributed by atoms with Gasteiger partial charge in [-0.25, -0.2) is 13.6 Å². The van der Waals surface area contributed by atoms with Crippen LogP contribution in [0.5, 0.6) is 0 Å². The third kappa shape index (κ3) is 6.31. The fourth-order valence-electron chi connectivity index (χ4n) is 2.09. The predicted octanol–water partition coefficient (Wildman–Crippen LogP) is 3.21. The van der Waals surface area contributed by atoms with E-state index in [0.717, 1.165) is 14.4 Å². The number of primary sulfonamides is 1. The molecule has 0 fully saturated rings. The number of hydrogen-bond donors (Lipinski definition) is 2. The molecule has 7 nitrogen and oxygen atoms in total. The lowest BCUT2D eigenvalue weighted by Gasteiger charge is -2.05. The summed E-state index contributed by atoms with van der Waals surface area (Å²) in [6, 6.07) is 15.8. The molecule has 0 aliphatic carbocycles. The third-order valence-electron chi connectivity index (χ3n) is 3.39. The van der Waals surface area contributed by atoms with Crippen LogP contribution in [0.4, 0.5) is 5.69 Å². The first-order chi connectivity index (χ1) is 13.4. The normalized spacial score (nSPS) is 11.3. The molecule has 0 saturated heterocycles. The maximum absolute atomic E-state index is 12.1. The van der Waals surface area contributed by atoms with Crippen molar-refractivity contribution in [2.75, 3.05) is 11.1 Å². The van der Waals surface area contributed by atoms with Gasteiger partial charge in [-0.3, -0.25) is 4.79 Å². The van der Waals surface area contributed by atoms with Crippen molar-refractivity contribution in [2.24, 2.45) is 5.14 Å². The van der Waals surface area contributed by atoms with Gasteiger partial charge >= 0.3 is 0 Å². The highest BCUT2D eigenvalue weighted by molar-refractivity contribution is 8.03. The van der Waals surface area contributed by atoms with E-state index in [2.05, 4.69) is 27.6 Å². The van der Waals surface area contributed by atoms with Crippen molar-refractivity contribution in [3.05, 3.63) is 60.2 Å². The fourth-order valence-corrected chi connectivity index (χ4v) is 5.38. The van der Waals surface area contributed by atoms with Crippen molar-refractivity contribution in [3.8, 4) is 0 Å². The molecule has 3 N–H and O–H groups in total. The van der Waals surface area contributed by atoms with Gasteiger partial charge in [-0.2, -0.15) is 0 Å². The molecule has 0 radical (unpaired) electrons. The number of carbonyl (C=O) groups excluding carboxylic acids is 1. The molecule has 11 heteroatoms. The Morgan fingerprint density at radius 3 is 2.29 bits per heavy atom. The number of hydrogen-bond acceptors (Lipinski definition) is 8. The number of thioether (sulfide) groups is 2. The van der Waals surface area contributed by atoms with Crippen molar-refractivity contribution >= 4 is 56.5 Å². The Labute approximate surface area is 175 Å². The highest BCUT2D eigenvalue weighted by Gasteiger charge is 2.11. The second-order valence-corrected chi connectivity index (χ2v) is 10.5. The lowest BCUT2D eigenvalue weighted by molar-refractivity contribution is -0.113. The average molecular weight is 453 g/mol. The molecule has 1 heterocycles. The molecule has 0 unspecified atom stereocenters. The van der Waals surface area contributed by atoms with E-state index in [1.165, 1.54) is 52.9 Å². The van der Waals surface area contributed by atoms with Crippen LogP contribution < -0.4 is 10.5 Å². The van der Waals surface area contributed by atoms with Crippen molar-refractivity contribution < 1.29 is 13.2 Å². The van der Waals surface area contributed by atoms with E-state index in [4.69, 9.17) is 5.14 Å². The molecule has 0 saturated carbocycles. The Kier molecular flexibility index (Phi) is 7.08. The second kappa shape index (κ2) is 9.52. The highest BCUT2D eigenvalue weighted by Crippen LogP contribution is 2.30. The predicted molar refractivity (Wildman–Crippen MR) is 113 cm³/mol. The molecule has 0 aliphatic rings. The number of aromatic nitrogens is 2. The number of anilines is 1. The van der Waals surface area contributed by atoms with Gasteiger partial charge in [0.25, 0.3) is 0 Å². The standard InChI is InChI=1S/C17H16N4O3S4/c18-28(23,24)14-8-6-13(7-9-14)19-15(22)11-26-17-21-20-16(27-17)25-10-12-4-2-1-3-5-12/h1-9H,10-11H2,(H,19,22)(H2,18,23,24). The average Bonchev–Trinajstić information content (AvgIpc) is 3.13. The van der Waals surface area contributed by atoms with Gasteiger partial charge in [0.05, 0.1) is 10.6 Å². The van der Waals surface area contributed by atoms with E-state index in [9.17, 15) is 13.2 Å². The first kappa shape index (κ1) is 20.8. The Hall–Kier alpha value is -1.92. The Morgan fingerprint density at radius 1 is 1.00 bits per heavy atom. The van der Waals surface area contributed by atoms with Crippen molar-refractivity contribution in [2.45, 2.75) is 19.3 Å². The maximum atomic E-state index is 12.1. The zero-order valence-electron chi connectivity index (χ0n) is 14.4. The van der Waals surface area contributed by atoms with Crippen LogP contribution in [0.25, 0.3) is 0 Å². The summed E-state index contributed by atoms with van der Waals surface area (Å²) >= 11 is 4.36. The van der Waals surface area contributed by atoms with Gasteiger partial charge in [0, 0.05) is 11.4 Å². The minimum Gasteiger partial charge on any atom is -0.325 e. The quantitative estimate of drug-likeness (QED) is 0.504. The molecular formula is C17H16N4O3S4. The van der Waals surface area contributed by atoms with E-state index in [0.29, 0.717) is 5.69 Å². The number of nitrogens with zero attached hydrogens (tertiary/aromatic N) is 2. The van der Waals surface area contributed by atoms with E-state index >= 15 is 0 Å². The molecule has 1 aromatic heterocycles. The molecule has 0 atom stereocenters. The molecule has 3 rings (SSSR count). The van der Waals surface area contributed by atoms with Gasteiger partial charge in [-0.05, 0) is 29.8 Å². The summed E-state index contributed by atoms with van der Waals surface area (Å²) in [6.07, 6.45) is 0. The summed E-state index contributed by atoms with van der Waals surface area (Å²) in [4.78, 5) is 12.1. The van der Waals surface area contributed by atoms with Crippen molar-refractivity contribution in [1.82, 2.24) is 10.2 Å². The Balaban J connectivity index is 1.46. The zero-order valence-corrected chi connectivity index (χ0v) is 17.7. The van der Waals surface area contributed by atoms with Crippen LogP contribution in [0, 0.1) is 0 Å². The summed E-state index contributed by atoms with van der Waals surface area (Å²) in [5.41, 5.74) is 1.71. The summed E-state index contributed by atoms with van der Waals surface area (Å²) in [6.45, 7) is 0. The molecule has 1 amide bonds. The van der Waals surface area contributed by atoms with Gasteiger partial charge in [0.1, 0.15) is 0 Å². The molecule has 2 aromatic carbocycles. The van der Waals surface area contributed by atoms with Crippen LogP contribution in [-0.4, -0.2) is 30.3 Å². The zero-order chi connectivity index (χ0) is 20.0. The molecule has 146 valence electrons. The second-order valence-electron chi connectivity index (χ2n) is 5.51. The van der Waals surface area contributed by atoms with Crippen LogP contribution in [0.1, 0.15) is 5.56 Å². The van der Waals surface area contributed by atoms with Crippen LogP contribution >= 0.6 is 34.9 Å². The number of nitrogens with two attached hydrogens (primary N) is 1. The van der Waals surface area contributed by atoms with Crippen LogP contribution in [0.2, 0.25) is 0 Å². The van der Waals surface area contributed by atoms with Crippen LogP contribution in [-0.2, 0) is 20.6 Å². The molecule has 3 aromatic rings. The SMILES string of the molecule is NS(=O)(=O)c1ccc(NC(=O)CSc2nnc(SCc3ccccc3)s2)cc1. The first-order valence-corrected chi connectivity index (χ1v) is 12.3. The lowest BCUT2D eigenvalue weighted by atomic mass is 10.2. The number of nitrogens with one attached hydrogen (secondary N) is 1. The van der Waals surface area contributed by atoms with E-state index in [-0.39, 0.29) is 16.6 Å². The summed E-state index contributed by atoms with van der Waals surface area (Å²) in [5.74, 6) is 0.770. The number of rotatable bonds is 8. The van der Waals surface area contributed by atoms with Gasteiger partial charge in [-0.1, -0.05) is 65.2 Å². The fraction of sp³-hybridized carbons (Fsp3) is 0.118. The first-order valence-electron chi connectivity index (χ1n) is 7.96. The Bertz CT molecular complexity index is 1040. The molecule has 0 bridgehead atoms. The largest absolute Gasteiger partial charge is 0.325 e. The molecule has 0 spiro atoms. The number of benzene rings is 2. The topological polar surface area (TPSA) is 115 Å². The van der Waals surface area contributed by atoms with E-state index in [1.807, 2.05) is 18.2 Å². The summed E-state index contributed by atoms with van der Waals surface area (Å²) in [7, 11) is -3.75. The smallest absolute Gasteiger partial charge is 0.238 e. The lowest BCUT2D eigenvalue weighted by Crippen LogP contribution is -2.15. The van der Waals surface area contributed by atoms with Gasteiger partial charge < -0.3 is 5.32 Å². The van der Waals surface area contributed by atoms with Crippen molar-refractivity contribution in [1.29, 1.82) is 0 Å². The van der Waals surface area contributed by atoms with Crippen molar-refractivity contribution in [3.63, 3.8) is 0 Å². The molecule has 0 aliphatic heterocycles. The van der Waals surface area contributed by atoms with Gasteiger partial charge in [-0.15, -0.1) is 10.2 Å². The summed E-state index contributed by atoms with van der Waals surface area (Å²) < 4.78 is 24.0.